The lowest BCUT2D eigenvalue weighted by molar-refractivity contribution is 0.298. The lowest BCUT2D eigenvalue weighted by Crippen LogP contribution is -2.24. The van der Waals surface area contributed by atoms with E-state index >= 15 is 0 Å². The predicted octanol–water partition coefficient (Wildman–Crippen LogP) is 2.95. The number of aliphatic hydroxyl groups is 1. The van der Waals surface area contributed by atoms with Gasteiger partial charge >= 0.3 is 0 Å². The van der Waals surface area contributed by atoms with Gasteiger partial charge in [-0.05, 0) is 55.7 Å². The Balaban J connectivity index is 2.55. The summed E-state index contributed by atoms with van der Waals surface area (Å²) in [4.78, 5) is 4.78. The first-order valence-electron chi connectivity index (χ1n) is 7.85. The number of nitrogens with two attached hydrogens (primary N) is 1. The fraction of sp³-hybridized carbons (Fsp3) is 0.316. The fourth-order valence-corrected chi connectivity index (χ4v) is 2.59. The van der Waals surface area contributed by atoms with Crippen LogP contribution < -0.4 is 15.8 Å². The van der Waals surface area contributed by atoms with Crippen LogP contribution in [-0.2, 0) is 0 Å². The highest BCUT2D eigenvalue weighted by atomic mass is 16.5. The number of hydrogen-bond donors (Lipinski definition) is 3. The van der Waals surface area contributed by atoms with Crippen LogP contribution in [0, 0.1) is 13.8 Å². The molecule has 1 aliphatic carbocycles. The second-order valence-corrected chi connectivity index (χ2v) is 5.84. The number of anilines is 1. The van der Waals surface area contributed by atoms with Crippen molar-refractivity contribution in [2.75, 3.05) is 26.0 Å². The third-order valence-electron chi connectivity index (χ3n) is 4.08. The predicted molar refractivity (Wildman–Crippen MR) is 100 cm³/mol. The third kappa shape index (κ3) is 3.51. The Hall–Kier alpha value is -2.53. The van der Waals surface area contributed by atoms with E-state index in [0.717, 1.165) is 39.4 Å². The molecule has 24 heavy (non-hydrogen) atoms. The van der Waals surface area contributed by atoms with Crippen LogP contribution in [0.5, 0.6) is 5.75 Å². The molecular weight excluding hydrogens is 302 g/mol. The number of aliphatic hydroxyl groups excluding tert-OH is 1. The van der Waals surface area contributed by atoms with E-state index in [2.05, 4.69) is 11.9 Å². The Kier molecular flexibility index (Phi) is 5.46. The summed E-state index contributed by atoms with van der Waals surface area (Å²) in [7, 11) is 1.62. The van der Waals surface area contributed by atoms with Gasteiger partial charge in [-0.15, -0.1) is 0 Å². The van der Waals surface area contributed by atoms with Crippen LogP contribution in [0.25, 0.3) is 0 Å². The molecule has 1 aromatic carbocycles. The molecule has 4 N–H and O–H groups in total. The molecule has 5 heteroatoms. The van der Waals surface area contributed by atoms with Gasteiger partial charge < -0.3 is 20.9 Å². The number of nitrogens with zero attached hydrogens (tertiary/aromatic N) is 1. The van der Waals surface area contributed by atoms with Crippen LogP contribution in [0.1, 0.15) is 18.1 Å². The Morgan fingerprint density at radius 1 is 1.29 bits per heavy atom. The summed E-state index contributed by atoms with van der Waals surface area (Å²) >= 11 is 0. The Morgan fingerprint density at radius 2 is 2.00 bits per heavy atom. The number of ether oxygens (including phenoxy) is 1. The van der Waals surface area contributed by atoms with Crippen molar-refractivity contribution in [1.29, 1.82) is 0 Å². The number of aryl methyl sites for hydroxylation is 1. The highest BCUT2D eigenvalue weighted by Crippen LogP contribution is 2.37. The highest BCUT2D eigenvalue weighted by Gasteiger charge is 2.16. The van der Waals surface area contributed by atoms with Gasteiger partial charge in [-0.3, -0.25) is 0 Å². The van der Waals surface area contributed by atoms with E-state index in [1.54, 1.807) is 7.11 Å². The molecule has 0 saturated heterocycles. The first kappa shape index (κ1) is 17.8. The van der Waals surface area contributed by atoms with E-state index in [-0.39, 0.29) is 6.61 Å². The molecule has 0 unspecified atom stereocenters. The summed E-state index contributed by atoms with van der Waals surface area (Å²) in [6, 6.07) is 1.92. The Labute approximate surface area is 143 Å². The Bertz CT molecular complexity index is 758. The van der Waals surface area contributed by atoms with E-state index in [0.29, 0.717) is 18.0 Å². The van der Waals surface area contributed by atoms with Crippen LogP contribution in [0.3, 0.4) is 0 Å². The number of rotatable bonds is 5. The molecule has 0 radical (unpaired) electrons. The van der Waals surface area contributed by atoms with Gasteiger partial charge in [0.15, 0.2) is 0 Å². The first-order chi connectivity index (χ1) is 11.4. The molecular formula is C19H25N3O2. The van der Waals surface area contributed by atoms with Crippen LogP contribution in [0.2, 0.25) is 0 Å². The molecule has 1 aliphatic rings. The van der Waals surface area contributed by atoms with Crippen LogP contribution >= 0.6 is 0 Å². The van der Waals surface area contributed by atoms with E-state index in [1.807, 2.05) is 39.0 Å². The van der Waals surface area contributed by atoms with E-state index in [9.17, 15) is 0 Å². The number of nitrogen functional groups attached to an aromatic ring is 1. The summed E-state index contributed by atoms with van der Waals surface area (Å²) in [6.45, 7) is 10.4. The summed E-state index contributed by atoms with van der Waals surface area (Å²) in [5, 5.41) is 12.3. The van der Waals surface area contributed by atoms with Gasteiger partial charge in [-0.2, -0.15) is 0 Å². The van der Waals surface area contributed by atoms with Crippen molar-refractivity contribution in [3.8, 4) is 5.75 Å². The molecule has 1 aromatic rings. The maximum absolute atomic E-state index is 9.07. The number of methoxy groups -OCH3 is 1. The van der Waals surface area contributed by atoms with E-state index in [4.69, 9.17) is 20.6 Å². The second-order valence-electron chi connectivity index (χ2n) is 5.84. The fourth-order valence-electron chi connectivity index (χ4n) is 2.59. The zero-order chi connectivity index (χ0) is 17.9. The lowest BCUT2D eigenvalue weighted by atomic mass is 9.98. The van der Waals surface area contributed by atoms with Gasteiger partial charge in [0.2, 0.25) is 0 Å². The van der Waals surface area contributed by atoms with Crippen LogP contribution in [-0.4, -0.2) is 31.1 Å². The summed E-state index contributed by atoms with van der Waals surface area (Å²) < 4.78 is 5.51. The summed E-state index contributed by atoms with van der Waals surface area (Å²) in [5.41, 5.74) is 12.9. The van der Waals surface area contributed by atoms with E-state index < -0.39 is 0 Å². The third-order valence-corrected chi connectivity index (χ3v) is 4.08. The van der Waals surface area contributed by atoms with Crippen molar-refractivity contribution in [2.24, 2.45) is 4.99 Å². The number of hydrogen-bond acceptors (Lipinski definition) is 5. The normalized spacial score (nSPS) is 16.0. The number of aliphatic imine (C=N–C) groups is 1. The molecule has 128 valence electrons. The molecule has 0 aliphatic heterocycles. The Morgan fingerprint density at radius 3 is 2.62 bits per heavy atom. The molecule has 0 spiro atoms. The van der Waals surface area contributed by atoms with Crippen molar-refractivity contribution in [3.05, 3.63) is 52.8 Å². The molecule has 0 bridgehead atoms. The van der Waals surface area contributed by atoms with Gasteiger partial charge in [0.05, 0.1) is 25.1 Å². The highest BCUT2D eigenvalue weighted by molar-refractivity contribution is 6.11. The maximum atomic E-state index is 9.07. The quantitative estimate of drug-likeness (QED) is 0.727. The molecule has 0 aromatic heterocycles. The van der Waals surface area contributed by atoms with Crippen molar-refractivity contribution in [1.82, 2.24) is 5.32 Å². The molecule has 5 nitrogen and oxygen atoms in total. The zero-order valence-electron chi connectivity index (χ0n) is 14.7. The van der Waals surface area contributed by atoms with Crippen molar-refractivity contribution < 1.29 is 9.84 Å². The number of benzene rings is 1. The SMILES string of the molecule is C=C1C=C(NCCO)C(=Nc2cc(C)c(N)c(C)c2OC)C=C1C. The monoisotopic (exact) mass is 327 g/mol. The average molecular weight is 327 g/mol. The number of allylic oxidation sites excluding steroid dienone is 4. The first-order valence-corrected chi connectivity index (χ1v) is 7.85. The minimum Gasteiger partial charge on any atom is -0.494 e. The topological polar surface area (TPSA) is 79.9 Å². The van der Waals surface area contributed by atoms with Crippen LogP contribution in [0.15, 0.2) is 46.6 Å². The largest absolute Gasteiger partial charge is 0.494 e. The maximum Gasteiger partial charge on any atom is 0.149 e. The van der Waals surface area contributed by atoms with Crippen molar-refractivity contribution in [2.45, 2.75) is 20.8 Å². The van der Waals surface area contributed by atoms with Crippen molar-refractivity contribution >= 4 is 17.1 Å². The average Bonchev–Trinajstić information content (AvgIpc) is 2.55. The lowest BCUT2D eigenvalue weighted by Gasteiger charge is -2.19. The van der Waals surface area contributed by atoms with Gasteiger partial charge in [0.1, 0.15) is 11.4 Å². The van der Waals surface area contributed by atoms with E-state index in [1.165, 1.54) is 0 Å². The summed E-state index contributed by atoms with van der Waals surface area (Å²) in [5.74, 6) is 0.669. The molecule has 2 rings (SSSR count). The van der Waals surface area contributed by atoms with Gasteiger partial charge in [0.25, 0.3) is 0 Å². The zero-order valence-corrected chi connectivity index (χ0v) is 14.7. The minimum atomic E-state index is 0.0448. The van der Waals surface area contributed by atoms with Crippen LogP contribution in [0.4, 0.5) is 11.4 Å². The smallest absolute Gasteiger partial charge is 0.149 e. The number of nitrogens with one attached hydrogen (secondary N) is 1. The molecule has 0 fully saturated rings. The van der Waals surface area contributed by atoms with Gasteiger partial charge in [-0.1, -0.05) is 6.58 Å². The second kappa shape index (κ2) is 7.36. The molecule has 0 amide bonds. The van der Waals surface area contributed by atoms with Gasteiger partial charge in [-0.25, -0.2) is 4.99 Å². The van der Waals surface area contributed by atoms with Crippen molar-refractivity contribution in [3.63, 3.8) is 0 Å². The molecule has 0 saturated carbocycles. The molecule has 0 atom stereocenters. The van der Waals surface area contributed by atoms with Gasteiger partial charge in [0, 0.05) is 17.8 Å². The minimum absolute atomic E-state index is 0.0448. The standard InChI is InChI=1S/C19H25N3O2/c1-11-8-15(21-6-7-23)16(9-12(11)2)22-17-10-13(3)18(20)14(4)19(17)24-5/h8-10,21,23H,1,6-7,20H2,2-5H3. The summed E-state index contributed by atoms with van der Waals surface area (Å²) in [6.07, 6.45) is 3.91. The molecule has 0 heterocycles.